The Morgan fingerprint density at radius 2 is 0.781 bits per heavy atom. The predicted octanol–water partition coefficient (Wildman–Crippen LogP) is 14.4. The Kier molecular flexibility index (Phi) is 8.06. The van der Waals surface area contributed by atoms with Gasteiger partial charge in [0.1, 0.15) is 11.5 Å². The first-order chi connectivity index (χ1) is 31.7. The fourth-order valence-electron chi connectivity index (χ4n) is 10.1. The van der Waals surface area contributed by atoms with E-state index in [0.29, 0.717) is 17.5 Å². The zero-order valence-electron chi connectivity index (χ0n) is 34.5. The molecule has 2 aliphatic rings. The van der Waals surface area contributed by atoms with Crippen LogP contribution in [0.1, 0.15) is 22.3 Å². The first kappa shape index (κ1) is 36.1. The highest BCUT2D eigenvalue weighted by Gasteiger charge is 2.51. The summed E-state index contributed by atoms with van der Waals surface area (Å²) in [6.07, 6.45) is 0. The summed E-state index contributed by atoms with van der Waals surface area (Å²) in [5.74, 6) is 3.57. The van der Waals surface area contributed by atoms with Gasteiger partial charge in [0.25, 0.3) is 0 Å². The summed E-state index contributed by atoms with van der Waals surface area (Å²) in [5, 5.41) is 3.31. The van der Waals surface area contributed by atoms with Gasteiger partial charge in [-0.05, 0) is 69.1 Å². The molecule has 1 spiro atoms. The molecule has 1 aliphatic carbocycles. The molecule has 13 rings (SSSR count). The SMILES string of the molecule is c1ccc(-c2nc(-c3ccccc3)nc(-c3ccc(-c4ccc5c(c4)C4(c6cc7c(cc6O5)c(-c5ccccc5)nc5ccccc57)c5ccccc5-c5ccccc54)cc3)n2)cc1. The number of nitrogens with zero attached hydrogens (tertiary/aromatic N) is 4. The number of pyridine rings is 1. The van der Waals surface area contributed by atoms with Crippen molar-refractivity contribution < 1.29 is 4.74 Å². The molecule has 0 N–H and O–H groups in total. The van der Waals surface area contributed by atoms with E-state index in [2.05, 4.69) is 158 Å². The third-order valence-electron chi connectivity index (χ3n) is 13.0. The molecular formula is C59H36N4O. The average Bonchev–Trinajstić information content (AvgIpc) is 3.67. The van der Waals surface area contributed by atoms with Gasteiger partial charge in [-0.2, -0.15) is 0 Å². The number of hydrogen-bond donors (Lipinski definition) is 0. The largest absolute Gasteiger partial charge is 0.457 e. The molecule has 64 heavy (non-hydrogen) atoms. The molecule has 5 heteroatoms. The van der Waals surface area contributed by atoms with Crippen LogP contribution in [-0.2, 0) is 5.41 Å². The zero-order valence-corrected chi connectivity index (χ0v) is 34.5. The minimum Gasteiger partial charge on any atom is -0.457 e. The first-order valence-electron chi connectivity index (χ1n) is 21.6. The van der Waals surface area contributed by atoms with Crippen LogP contribution in [0.15, 0.2) is 218 Å². The normalized spacial score (nSPS) is 12.9. The Morgan fingerprint density at radius 3 is 1.41 bits per heavy atom. The van der Waals surface area contributed by atoms with Crippen LogP contribution in [0.3, 0.4) is 0 Å². The van der Waals surface area contributed by atoms with Crippen LogP contribution >= 0.6 is 0 Å². The molecule has 0 amide bonds. The molecule has 0 fully saturated rings. The van der Waals surface area contributed by atoms with Gasteiger partial charge >= 0.3 is 0 Å². The fourth-order valence-corrected chi connectivity index (χ4v) is 10.1. The molecule has 0 radical (unpaired) electrons. The Morgan fingerprint density at radius 1 is 0.297 bits per heavy atom. The van der Waals surface area contributed by atoms with E-state index in [1.807, 2.05) is 60.7 Å². The summed E-state index contributed by atoms with van der Waals surface area (Å²) in [6.45, 7) is 0. The first-order valence-corrected chi connectivity index (χ1v) is 21.6. The quantitative estimate of drug-likeness (QED) is 0.162. The number of fused-ring (bicyclic) bond motifs is 12. The van der Waals surface area contributed by atoms with Crippen LogP contribution < -0.4 is 4.74 Å². The van der Waals surface area contributed by atoms with Crippen molar-refractivity contribution in [3.63, 3.8) is 0 Å². The molecule has 5 nitrogen and oxygen atoms in total. The molecule has 0 bridgehead atoms. The van der Waals surface area contributed by atoms with Gasteiger partial charge in [0, 0.05) is 44.2 Å². The number of aromatic nitrogens is 4. The zero-order chi connectivity index (χ0) is 42.2. The molecule has 11 aromatic rings. The van der Waals surface area contributed by atoms with Crippen LogP contribution in [0.2, 0.25) is 0 Å². The van der Waals surface area contributed by atoms with E-state index in [0.717, 1.165) is 83.4 Å². The van der Waals surface area contributed by atoms with Crippen LogP contribution in [0, 0.1) is 0 Å². The van der Waals surface area contributed by atoms with Gasteiger partial charge in [0.15, 0.2) is 17.5 Å². The molecule has 0 unspecified atom stereocenters. The number of hydrogen-bond acceptors (Lipinski definition) is 5. The summed E-state index contributed by atoms with van der Waals surface area (Å²) >= 11 is 0. The minimum absolute atomic E-state index is 0.623. The van der Waals surface area contributed by atoms with Gasteiger partial charge in [-0.15, -0.1) is 0 Å². The highest BCUT2D eigenvalue weighted by atomic mass is 16.5. The maximum Gasteiger partial charge on any atom is 0.164 e. The standard InChI is InChI=1S/C59H36N4O/c1-4-16-38(17-5-1)55-47-36-54-51(35-46(47)45-24-12-15-27-52(45)60-55)59(48-25-13-10-22-43(48)44-23-11-14-26-49(44)59)50-34-42(32-33-53(50)64-54)37-28-30-41(31-29-37)58-62-56(39-18-6-2-7-19-39)61-57(63-58)40-20-8-3-9-21-40/h1-36H. The Balaban J connectivity index is 1.00. The second-order valence-corrected chi connectivity index (χ2v) is 16.5. The van der Waals surface area contributed by atoms with Gasteiger partial charge in [0.2, 0.25) is 0 Å². The van der Waals surface area contributed by atoms with Crippen molar-refractivity contribution in [3.05, 3.63) is 241 Å². The molecule has 0 saturated carbocycles. The number of ether oxygens (including phenoxy) is 1. The van der Waals surface area contributed by atoms with E-state index in [9.17, 15) is 0 Å². The third-order valence-corrected chi connectivity index (χ3v) is 13.0. The second-order valence-electron chi connectivity index (χ2n) is 16.5. The summed E-state index contributed by atoms with van der Waals surface area (Å²) in [6, 6.07) is 76.8. The van der Waals surface area contributed by atoms with Gasteiger partial charge in [-0.25, -0.2) is 19.9 Å². The van der Waals surface area contributed by atoms with Gasteiger partial charge in [-0.1, -0.05) is 188 Å². The highest BCUT2D eigenvalue weighted by Crippen LogP contribution is 2.63. The van der Waals surface area contributed by atoms with Crippen LogP contribution in [0.25, 0.3) is 89.4 Å². The van der Waals surface area contributed by atoms with Crippen molar-refractivity contribution in [3.8, 4) is 79.2 Å². The molecule has 2 aromatic heterocycles. The number of benzene rings is 9. The second kappa shape index (κ2) is 14.3. The molecule has 9 aromatic carbocycles. The van der Waals surface area contributed by atoms with Crippen molar-refractivity contribution in [2.75, 3.05) is 0 Å². The average molecular weight is 817 g/mol. The maximum atomic E-state index is 7.12. The lowest BCUT2D eigenvalue weighted by Gasteiger charge is -2.40. The van der Waals surface area contributed by atoms with Gasteiger partial charge < -0.3 is 4.74 Å². The molecule has 0 saturated heterocycles. The van der Waals surface area contributed by atoms with E-state index in [1.165, 1.54) is 22.3 Å². The maximum absolute atomic E-state index is 7.12. The van der Waals surface area contributed by atoms with E-state index in [1.54, 1.807) is 0 Å². The fraction of sp³-hybridized carbons (Fsp3) is 0.0169. The highest BCUT2D eigenvalue weighted by molar-refractivity contribution is 6.12. The van der Waals surface area contributed by atoms with E-state index in [4.69, 9.17) is 24.7 Å². The van der Waals surface area contributed by atoms with Crippen molar-refractivity contribution in [2.24, 2.45) is 0 Å². The van der Waals surface area contributed by atoms with Crippen molar-refractivity contribution >= 4 is 21.7 Å². The van der Waals surface area contributed by atoms with Crippen molar-refractivity contribution in [1.29, 1.82) is 0 Å². The van der Waals surface area contributed by atoms with Gasteiger partial charge in [-0.3, -0.25) is 0 Å². The minimum atomic E-state index is -0.663. The molecular weight excluding hydrogens is 781 g/mol. The number of rotatable bonds is 5. The predicted molar refractivity (Wildman–Crippen MR) is 257 cm³/mol. The Labute approximate surface area is 370 Å². The Hall–Kier alpha value is -8.54. The van der Waals surface area contributed by atoms with E-state index in [-0.39, 0.29) is 0 Å². The van der Waals surface area contributed by atoms with Crippen molar-refractivity contribution in [1.82, 2.24) is 19.9 Å². The monoisotopic (exact) mass is 816 g/mol. The smallest absolute Gasteiger partial charge is 0.164 e. The van der Waals surface area contributed by atoms with Crippen LogP contribution in [-0.4, -0.2) is 19.9 Å². The van der Waals surface area contributed by atoms with E-state index < -0.39 is 5.41 Å². The summed E-state index contributed by atoms with van der Waals surface area (Å²) in [7, 11) is 0. The van der Waals surface area contributed by atoms with Crippen LogP contribution in [0.5, 0.6) is 11.5 Å². The van der Waals surface area contributed by atoms with Gasteiger partial charge in [0.05, 0.1) is 16.6 Å². The molecule has 1 aliphatic heterocycles. The lowest BCUT2D eigenvalue weighted by atomic mass is 9.65. The lowest BCUT2D eigenvalue weighted by molar-refractivity contribution is 0.437. The summed E-state index contributed by atoms with van der Waals surface area (Å²) < 4.78 is 7.12. The van der Waals surface area contributed by atoms with Crippen molar-refractivity contribution in [2.45, 2.75) is 5.41 Å². The Bertz CT molecular complexity index is 3520. The number of para-hydroxylation sites is 1. The van der Waals surface area contributed by atoms with Crippen LogP contribution in [0.4, 0.5) is 0 Å². The lowest BCUT2D eigenvalue weighted by Crippen LogP contribution is -2.32. The molecule has 298 valence electrons. The summed E-state index contributed by atoms with van der Waals surface area (Å²) in [4.78, 5) is 20.2. The third kappa shape index (κ3) is 5.51. The summed E-state index contributed by atoms with van der Waals surface area (Å²) in [5.41, 5.74) is 14.5. The van der Waals surface area contributed by atoms with E-state index >= 15 is 0 Å². The molecule has 0 atom stereocenters. The molecule has 3 heterocycles. The topological polar surface area (TPSA) is 60.8 Å².